The summed E-state index contributed by atoms with van der Waals surface area (Å²) in [5.74, 6) is 1.67. The molecule has 5 heteroatoms. The molecule has 1 saturated heterocycles. The molecule has 4 nitrogen and oxygen atoms in total. The smallest absolute Gasteiger partial charge is 0.193 e. The number of likely N-dealkylation sites (tertiary alicyclic amines) is 1. The summed E-state index contributed by atoms with van der Waals surface area (Å²) in [6.45, 7) is 6.82. The molecule has 1 N–H and O–H groups in total. The van der Waals surface area contributed by atoms with E-state index in [4.69, 9.17) is 21.3 Å². The van der Waals surface area contributed by atoms with Crippen molar-refractivity contribution >= 4 is 17.6 Å². The molecule has 0 spiro atoms. The molecule has 1 atom stereocenters. The van der Waals surface area contributed by atoms with Crippen molar-refractivity contribution in [2.75, 3.05) is 39.9 Å². The summed E-state index contributed by atoms with van der Waals surface area (Å²) in [4.78, 5) is 7.43. The molecular weight excluding hydrogens is 334 g/mol. The number of nitrogens with zero attached hydrogens (tertiary/aromatic N) is 2. The topological polar surface area (TPSA) is 36.9 Å². The minimum Gasteiger partial charge on any atom is -0.384 e. The van der Waals surface area contributed by atoms with Gasteiger partial charge in [0, 0.05) is 43.1 Å². The Bertz CT molecular complexity index is 583. The summed E-state index contributed by atoms with van der Waals surface area (Å²) in [7, 11) is 1.79. The van der Waals surface area contributed by atoms with E-state index in [2.05, 4.69) is 29.3 Å². The molecule has 138 valence electrons. The minimum atomic E-state index is 0.191. The Kier molecular flexibility index (Phi) is 6.24. The van der Waals surface area contributed by atoms with Crippen LogP contribution in [0.2, 0.25) is 5.02 Å². The van der Waals surface area contributed by atoms with E-state index in [-0.39, 0.29) is 5.41 Å². The van der Waals surface area contributed by atoms with Gasteiger partial charge in [-0.25, -0.2) is 0 Å². The number of nitrogens with one attached hydrogen (secondary N) is 1. The molecule has 1 aromatic carbocycles. The van der Waals surface area contributed by atoms with E-state index in [0.29, 0.717) is 5.92 Å². The first-order valence-electron chi connectivity index (χ1n) is 9.45. The van der Waals surface area contributed by atoms with E-state index >= 15 is 0 Å². The Morgan fingerprint density at radius 2 is 2.12 bits per heavy atom. The van der Waals surface area contributed by atoms with E-state index in [1.807, 2.05) is 12.1 Å². The summed E-state index contributed by atoms with van der Waals surface area (Å²) in [5, 5.41) is 4.28. The van der Waals surface area contributed by atoms with Gasteiger partial charge in [0.2, 0.25) is 0 Å². The zero-order valence-electron chi connectivity index (χ0n) is 15.4. The van der Waals surface area contributed by atoms with Gasteiger partial charge in [0.1, 0.15) is 0 Å². The number of hydrogen-bond acceptors (Lipinski definition) is 2. The number of rotatable bonds is 6. The zero-order chi connectivity index (χ0) is 17.7. The van der Waals surface area contributed by atoms with E-state index < -0.39 is 0 Å². The van der Waals surface area contributed by atoms with Gasteiger partial charge in [0.05, 0.1) is 13.2 Å². The second-order valence-electron chi connectivity index (χ2n) is 7.37. The standard InChI is InChI=1S/C20H30ClN3O/c1-3-22-19(24-12-9-16(13-24)14-25-2)23-15-20(10-4-11-20)17-5-7-18(21)8-6-17/h5-8,16H,3-4,9-15H2,1-2H3,(H,22,23). The van der Waals surface area contributed by atoms with Crippen LogP contribution >= 0.6 is 11.6 Å². The number of halogens is 1. The van der Waals surface area contributed by atoms with Crippen molar-refractivity contribution in [1.82, 2.24) is 10.2 Å². The maximum atomic E-state index is 6.06. The van der Waals surface area contributed by atoms with Crippen LogP contribution in [0, 0.1) is 5.92 Å². The van der Waals surface area contributed by atoms with Crippen LogP contribution in [-0.4, -0.2) is 50.8 Å². The second-order valence-corrected chi connectivity index (χ2v) is 7.80. The largest absolute Gasteiger partial charge is 0.384 e. The maximum absolute atomic E-state index is 6.06. The molecule has 0 amide bonds. The average molecular weight is 364 g/mol. The lowest BCUT2D eigenvalue weighted by Gasteiger charge is -2.41. The molecule has 0 radical (unpaired) electrons. The molecule has 1 unspecified atom stereocenters. The highest BCUT2D eigenvalue weighted by Gasteiger charge is 2.38. The number of ether oxygens (including phenoxy) is 1. The quantitative estimate of drug-likeness (QED) is 0.618. The van der Waals surface area contributed by atoms with Crippen LogP contribution < -0.4 is 5.32 Å². The second kappa shape index (κ2) is 8.41. The van der Waals surface area contributed by atoms with Gasteiger partial charge in [-0.15, -0.1) is 0 Å². The summed E-state index contributed by atoms with van der Waals surface area (Å²) in [6, 6.07) is 8.35. The Morgan fingerprint density at radius 3 is 2.72 bits per heavy atom. The molecule has 1 aliphatic heterocycles. The molecule has 1 heterocycles. The Labute approximate surface area is 156 Å². The van der Waals surface area contributed by atoms with Crippen molar-refractivity contribution < 1.29 is 4.74 Å². The first-order chi connectivity index (χ1) is 12.2. The number of guanidine groups is 1. The van der Waals surface area contributed by atoms with Gasteiger partial charge in [0.25, 0.3) is 0 Å². The first kappa shape index (κ1) is 18.5. The first-order valence-corrected chi connectivity index (χ1v) is 9.83. The highest BCUT2D eigenvalue weighted by molar-refractivity contribution is 6.30. The van der Waals surface area contributed by atoms with Gasteiger partial charge >= 0.3 is 0 Å². The summed E-state index contributed by atoms with van der Waals surface area (Å²) in [6.07, 6.45) is 4.89. The number of aliphatic imine (C=N–C) groups is 1. The Hall–Kier alpha value is -1.26. The van der Waals surface area contributed by atoms with Crippen LogP contribution in [-0.2, 0) is 10.2 Å². The van der Waals surface area contributed by atoms with E-state index in [1.165, 1.54) is 31.2 Å². The normalized spacial score (nSPS) is 22.8. The number of hydrogen-bond donors (Lipinski definition) is 1. The third kappa shape index (κ3) is 4.29. The lowest BCUT2D eigenvalue weighted by molar-refractivity contribution is 0.157. The van der Waals surface area contributed by atoms with Crippen molar-refractivity contribution in [3.63, 3.8) is 0 Å². The number of methoxy groups -OCH3 is 1. The average Bonchev–Trinajstić information content (AvgIpc) is 3.03. The van der Waals surface area contributed by atoms with Crippen molar-refractivity contribution in [1.29, 1.82) is 0 Å². The van der Waals surface area contributed by atoms with Crippen LogP contribution in [0.15, 0.2) is 29.3 Å². The predicted octanol–water partition coefficient (Wildman–Crippen LogP) is 3.70. The fourth-order valence-electron chi connectivity index (χ4n) is 3.99. The third-order valence-electron chi connectivity index (χ3n) is 5.62. The molecule has 2 fully saturated rings. The number of benzene rings is 1. The summed E-state index contributed by atoms with van der Waals surface area (Å²) in [5.41, 5.74) is 1.57. The predicted molar refractivity (Wildman–Crippen MR) is 105 cm³/mol. The molecular formula is C20H30ClN3O. The van der Waals surface area contributed by atoms with E-state index in [9.17, 15) is 0 Å². The Balaban J connectivity index is 1.71. The van der Waals surface area contributed by atoms with Gasteiger partial charge in [0.15, 0.2) is 5.96 Å². The zero-order valence-corrected chi connectivity index (χ0v) is 16.2. The fraction of sp³-hybridized carbons (Fsp3) is 0.650. The van der Waals surface area contributed by atoms with Crippen LogP contribution in [0.25, 0.3) is 0 Å². The molecule has 1 saturated carbocycles. The van der Waals surface area contributed by atoms with Crippen LogP contribution in [0.3, 0.4) is 0 Å². The molecule has 1 aromatic rings. The summed E-state index contributed by atoms with van der Waals surface area (Å²) < 4.78 is 5.32. The highest BCUT2D eigenvalue weighted by Crippen LogP contribution is 2.44. The monoisotopic (exact) mass is 363 g/mol. The van der Waals surface area contributed by atoms with Crippen LogP contribution in [0.4, 0.5) is 0 Å². The van der Waals surface area contributed by atoms with Gasteiger partial charge in [-0.05, 0) is 43.9 Å². The molecule has 25 heavy (non-hydrogen) atoms. The minimum absolute atomic E-state index is 0.191. The van der Waals surface area contributed by atoms with E-state index in [0.717, 1.165) is 43.8 Å². The fourth-order valence-corrected chi connectivity index (χ4v) is 4.12. The summed E-state index contributed by atoms with van der Waals surface area (Å²) >= 11 is 6.06. The van der Waals surface area contributed by atoms with Crippen molar-refractivity contribution in [3.05, 3.63) is 34.9 Å². The van der Waals surface area contributed by atoms with Gasteiger partial charge in [-0.2, -0.15) is 0 Å². The molecule has 1 aliphatic carbocycles. The SMILES string of the molecule is CCNC(=NCC1(c2ccc(Cl)cc2)CCC1)N1CCC(COC)C1. The van der Waals surface area contributed by atoms with Gasteiger partial charge in [-0.3, -0.25) is 4.99 Å². The third-order valence-corrected chi connectivity index (χ3v) is 5.87. The van der Waals surface area contributed by atoms with Crippen molar-refractivity contribution in [3.8, 4) is 0 Å². The van der Waals surface area contributed by atoms with Gasteiger partial charge in [-0.1, -0.05) is 30.2 Å². The highest BCUT2D eigenvalue weighted by atomic mass is 35.5. The molecule has 2 aliphatic rings. The van der Waals surface area contributed by atoms with E-state index in [1.54, 1.807) is 7.11 Å². The molecule has 0 aromatic heterocycles. The van der Waals surface area contributed by atoms with Crippen LogP contribution in [0.1, 0.15) is 38.2 Å². The Morgan fingerprint density at radius 1 is 1.36 bits per heavy atom. The lowest BCUT2D eigenvalue weighted by atomic mass is 9.64. The van der Waals surface area contributed by atoms with Crippen LogP contribution in [0.5, 0.6) is 0 Å². The molecule has 0 bridgehead atoms. The lowest BCUT2D eigenvalue weighted by Crippen LogP contribution is -2.43. The molecule has 3 rings (SSSR count). The van der Waals surface area contributed by atoms with Crippen molar-refractivity contribution in [2.24, 2.45) is 10.9 Å². The van der Waals surface area contributed by atoms with Gasteiger partial charge < -0.3 is 15.0 Å². The van der Waals surface area contributed by atoms with Crippen molar-refractivity contribution in [2.45, 2.75) is 38.0 Å². The maximum Gasteiger partial charge on any atom is 0.193 e.